The Morgan fingerprint density at radius 3 is 2.40 bits per heavy atom. The lowest BCUT2D eigenvalue weighted by molar-refractivity contribution is -0.116. The Balaban J connectivity index is 1.87. The first kappa shape index (κ1) is 18.9. The molecule has 0 unspecified atom stereocenters. The van der Waals surface area contributed by atoms with Crippen molar-refractivity contribution in [3.63, 3.8) is 0 Å². The molecular formula is C19H20BrN3O2. The van der Waals surface area contributed by atoms with Crippen LogP contribution in [0.3, 0.4) is 0 Å². The fourth-order valence-corrected chi connectivity index (χ4v) is 2.31. The number of hydrogen-bond acceptors (Lipinski definition) is 3. The van der Waals surface area contributed by atoms with Crippen LogP contribution in [0.2, 0.25) is 0 Å². The highest BCUT2D eigenvalue weighted by molar-refractivity contribution is 9.10. The van der Waals surface area contributed by atoms with Gasteiger partial charge < -0.3 is 5.32 Å². The van der Waals surface area contributed by atoms with Gasteiger partial charge in [-0.1, -0.05) is 41.4 Å². The third-order valence-electron chi connectivity index (χ3n) is 3.44. The summed E-state index contributed by atoms with van der Waals surface area (Å²) < 4.78 is 0.982. The molecule has 0 spiro atoms. The Labute approximate surface area is 155 Å². The van der Waals surface area contributed by atoms with Crippen LogP contribution >= 0.6 is 15.9 Å². The van der Waals surface area contributed by atoms with Crippen LogP contribution < -0.4 is 10.7 Å². The lowest BCUT2D eigenvalue weighted by atomic mass is 10.2. The van der Waals surface area contributed by atoms with E-state index >= 15 is 0 Å². The van der Waals surface area contributed by atoms with Crippen molar-refractivity contribution in [3.8, 4) is 0 Å². The van der Waals surface area contributed by atoms with Crippen LogP contribution in [0, 0.1) is 0 Å². The van der Waals surface area contributed by atoms with Crippen LogP contribution in [-0.4, -0.2) is 18.0 Å². The number of carbonyl (C=O) groups excluding carboxylic acids is 2. The molecule has 0 saturated carbocycles. The molecule has 0 atom stereocenters. The van der Waals surface area contributed by atoms with Crippen molar-refractivity contribution < 1.29 is 9.59 Å². The zero-order valence-corrected chi connectivity index (χ0v) is 15.5. The largest absolute Gasteiger partial charge is 0.326 e. The quantitative estimate of drug-likeness (QED) is 0.534. The fourth-order valence-electron chi connectivity index (χ4n) is 2.04. The van der Waals surface area contributed by atoms with Crippen molar-refractivity contribution in [2.75, 3.05) is 5.32 Å². The highest BCUT2D eigenvalue weighted by atomic mass is 79.9. The molecule has 0 aliphatic rings. The summed E-state index contributed by atoms with van der Waals surface area (Å²) in [4.78, 5) is 23.7. The Hall–Kier alpha value is -2.47. The van der Waals surface area contributed by atoms with Crippen molar-refractivity contribution >= 4 is 39.6 Å². The molecule has 2 aromatic rings. The Morgan fingerprint density at radius 1 is 1.08 bits per heavy atom. The van der Waals surface area contributed by atoms with Gasteiger partial charge in [-0.05, 0) is 48.4 Å². The number of halogens is 1. The molecule has 2 amide bonds. The molecule has 5 nitrogen and oxygen atoms in total. The summed E-state index contributed by atoms with van der Waals surface area (Å²) >= 11 is 3.36. The zero-order valence-electron chi connectivity index (χ0n) is 14.0. The van der Waals surface area contributed by atoms with Gasteiger partial charge in [-0.15, -0.1) is 0 Å². The van der Waals surface area contributed by atoms with Crippen LogP contribution in [0.25, 0.3) is 0 Å². The second-order valence-electron chi connectivity index (χ2n) is 5.48. The van der Waals surface area contributed by atoms with Gasteiger partial charge in [-0.25, -0.2) is 5.43 Å². The van der Waals surface area contributed by atoms with E-state index in [1.54, 1.807) is 30.5 Å². The van der Waals surface area contributed by atoms with Gasteiger partial charge in [0.2, 0.25) is 5.91 Å². The van der Waals surface area contributed by atoms with Crippen molar-refractivity contribution in [3.05, 3.63) is 64.1 Å². The van der Waals surface area contributed by atoms with Gasteiger partial charge in [-0.3, -0.25) is 9.59 Å². The van der Waals surface area contributed by atoms with Gasteiger partial charge in [0, 0.05) is 22.1 Å². The first-order chi connectivity index (χ1) is 12.1. The predicted octanol–water partition coefficient (Wildman–Crippen LogP) is 4.34. The molecule has 0 heterocycles. The number of carbonyl (C=O) groups is 2. The Morgan fingerprint density at radius 2 is 1.76 bits per heavy atom. The fraction of sp³-hybridized carbons (Fsp3) is 0.211. The van der Waals surface area contributed by atoms with E-state index in [9.17, 15) is 9.59 Å². The average Bonchev–Trinajstić information content (AvgIpc) is 2.62. The highest BCUT2D eigenvalue weighted by Gasteiger charge is 2.05. The Kier molecular flexibility index (Phi) is 7.35. The van der Waals surface area contributed by atoms with Crippen LogP contribution in [0.15, 0.2) is 58.1 Å². The maximum atomic E-state index is 12.0. The van der Waals surface area contributed by atoms with Crippen LogP contribution in [0.4, 0.5) is 5.69 Å². The number of hydrazone groups is 1. The van der Waals surface area contributed by atoms with E-state index in [0.717, 1.165) is 22.9 Å². The second kappa shape index (κ2) is 9.74. The lowest BCUT2D eigenvalue weighted by Gasteiger charge is -2.05. The molecule has 0 aliphatic carbocycles. The molecule has 2 N–H and O–H groups in total. The maximum Gasteiger partial charge on any atom is 0.271 e. The van der Waals surface area contributed by atoms with Crippen LogP contribution in [-0.2, 0) is 4.79 Å². The van der Waals surface area contributed by atoms with Gasteiger partial charge in [-0.2, -0.15) is 5.10 Å². The van der Waals surface area contributed by atoms with E-state index in [1.807, 2.05) is 31.2 Å². The summed E-state index contributed by atoms with van der Waals surface area (Å²) in [5.41, 5.74) is 4.51. The summed E-state index contributed by atoms with van der Waals surface area (Å²) in [5.74, 6) is -0.324. The van der Waals surface area contributed by atoms with E-state index < -0.39 is 0 Å². The van der Waals surface area contributed by atoms with Gasteiger partial charge in [0.1, 0.15) is 0 Å². The molecule has 0 fully saturated rings. The number of rotatable bonds is 7. The number of nitrogens with zero attached hydrogens (tertiary/aromatic N) is 1. The van der Waals surface area contributed by atoms with Gasteiger partial charge in [0.05, 0.1) is 6.21 Å². The third-order valence-corrected chi connectivity index (χ3v) is 3.97. The standard InChI is InChI=1S/C19H20BrN3O2/c1-2-3-4-18(24)22-17-11-7-15(8-12-17)19(25)23-21-13-14-5-9-16(20)10-6-14/h5-13H,2-4H2,1H3,(H,22,24)(H,23,25). The summed E-state index contributed by atoms with van der Waals surface area (Å²) in [7, 11) is 0. The molecule has 130 valence electrons. The van der Waals surface area contributed by atoms with Crippen LogP contribution in [0.1, 0.15) is 42.1 Å². The molecule has 0 aliphatic heterocycles. The molecule has 0 aromatic heterocycles. The molecule has 0 bridgehead atoms. The predicted molar refractivity (Wildman–Crippen MR) is 104 cm³/mol. The SMILES string of the molecule is CCCCC(=O)Nc1ccc(C(=O)NN=Cc2ccc(Br)cc2)cc1. The summed E-state index contributed by atoms with van der Waals surface area (Å²) in [6.07, 6.45) is 3.92. The third kappa shape index (κ3) is 6.51. The minimum atomic E-state index is -0.308. The molecule has 25 heavy (non-hydrogen) atoms. The highest BCUT2D eigenvalue weighted by Crippen LogP contribution is 2.11. The van der Waals surface area contributed by atoms with E-state index in [4.69, 9.17) is 0 Å². The molecule has 2 aromatic carbocycles. The van der Waals surface area contributed by atoms with E-state index in [0.29, 0.717) is 17.7 Å². The normalized spacial score (nSPS) is 10.6. The average molecular weight is 402 g/mol. The molecule has 0 saturated heterocycles. The minimum Gasteiger partial charge on any atom is -0.326 e. The topological polar surface area (TPSA) is 70.6 Å². The van der Waals surface area contributed by atoms with Crippen LogP contribution in [0.5, 0.6) is 0 Å². The first-order valence-electron chi connectivity index (χ1n) is 8.07. The summed E-state index contributed by atoms with van der Waals surface area (Å²) in [5, 5.41) is 6.75. The number of benzene rings is 2. The van der Waals surface area contributed by atoms with Crippen molar-refractivity contribution in [2.24, 2.45) is 5.10 Å². The van der Waals surface area contributed by atoms with Crippen molar-refractivity contribution in [2.45, 2.75) is 26.2 Å². The number of nitrogens with one attached hydrogen (secondary N) is 2. The molecular weight excluding hydrogens is 382 g/mol. The first-order valence-corrected chi connectivity index (χ1v) is 8.86. The second-order valence-corrected chi connectivity index (χ2v) is 6.40. The Bertz CT molecular complexity index is 740. The number of unbranched alkanes of at least 4 members (excludes halogenated alkanes) is 1. The van der Waals surface area contributed by atoms with Crippen molar-refractivity contribution in [1.29, 1.82) is 0 Å². The lowest BCUT2D eigenvalue weighted by Crippen LogP contribution is -2.17. The number of hydrogen-bond donors (Lipinski definition) is 2. The maximum absolute atomic E-state index is 12.0. The summed E-state index contributed by atoms with van der Waals surface area (Å²) in [6, 6.07) is 14.3. The van der Waals surface area contributed by atoms with E-state index in [-0.39, 0.29) is 11.8 Å². The van der Waals surface area contributed by atoms with Gasteiger partial charge in [0.15, 0.2) is 0 Å². The molecule has 0 radical (unpaired) electrons. The zero-order chi connectivity index (χ0) is 18.1. The monoisotopic (exact) mass is 401 g/mol. The van der Waals surface area contributed by atoms with E-state index in [1.165, 1.54) is 0 Å². The number of anilines is 1. The van der Waals surface area contributed by atoms with Gasteiger partial charge >= 0.3 is 0 Å². The molecule has 2 rings (SSSR count). The van der Waals surface area contributed by atoms with E-state index in [2.05, 4.69) is 31.8 Å². The minimum absolute atomic E-state index is 0.0156. The summed E-state index contributed by atoms with van der Waals surface area (Å²) in [6.45, 7) is 2.04. The van der Waals surface area contributed by atoms with Gasteiger partial charge in [0.25, 0.3) is 5.91 Å². The smallest absolute Gasteiger partial charge is 0.271 e. The molecule has 6 heteroatoms. The van der Waals surface area contributed by atoms with Crippen molar-refractivity contribution in [1.82, 2.24) is 5.43 Å². The number of amides is 2.